The lowest BCUT2D eigenvalue weighted by Crippen LogP contribution is -2.63. The molecule has 0 fully saturated rings. The first-order valence-corrected chi connectivity index (χ1v) is 32.0. The molecule has 0 atom stereocenters. The molecule has 0 N–H and O–H groups in total. The highest BCUT2D eigenvalue weighted by Gasteiger charge is 2.48. The summed E-state index contributed by atoms with van der Waals surface area (Å²) in [6.07, 6.45) is 0. The van der Waals surface area contributed by atoms with Crippen molar-refractivity contribution in [1.82, 2.24) is 0 Å². The summed E-state index contributed by atoms with van der Waals surface area (Å²) in [6, 6.07) is 90.0. The summed E-state index contributed by atoms with van der Waals surface area (Å²) in [5.74, 6) is 3.38. The Balaban J connectivity index is 1.02. The van der Waals surface area contributed by atoms with E-state index in [1.165, 1.54) is 33.2 Å². The van der Waals surface area contributed by atoms with Crippen molar-refractivity contribution < 1.29 is 9.47 Å². The largest absolute Gasteiger partial charge is 0.458 e. The number of ether oxygens (including phenoxy) is 2. The van der Waals surface area contributed by atoms with Gasteiger partial charge in [0.25, 0.3) is 13.4 Å². The van der Waals surface area contributed by atoms with Crippen molar-refractivity contribution in [3.63, 3.8) is 0 Å². The maximum absolute atomic E-state index is 7.81. The first kappa shape index (κ1) is 56.8. The number of hydrogen-bond acceptors (Lipinski definition) is 6. The van der Waals surface area contributed by atoms with E-state index in [2.05, 4.69) is 345 Å². The Morgan fingerprint density at radius 2 is 0.644 bits per heavy atom. The van der Waals surface area contributed by atoms with Gasteiger partial charge in [-0.25, -0.2) is 0 Å². The van der Waals surface area contributed by atoms with E-state index >= 15 is 0 Å². The fourth-order valence-corrected chi connectivity index (χ4v) is 14.1. The molecule has 4 heterocycles. The van der Waals surface area contributed by atoms with Crippen molar-refractivity contribution in [1.29, 1.82) is 0 Å². The van der Waals surface area contributed by atoms with Gasteiger partial charge in [-0.05, 0) is 174 Å². The first-order valence-electron chi connectivity index (χ1n) is 32.0. The summed E-state index contributed by atoms with van der Waals surface area (Å²) in [4.78, 5) is 9.78. The molecule has 0 saturated carbocycles. The number of fused-ring (bicyclic) bond motifs is 8. The first-order chi connectivity index (χ1) is 43.2. The number of nitrogens with zero attached hydrogens (tertiary/aromatic N) is 4. The summed E-state index contributed by atoms with van der Waals surface area (Å²) in [6.45, 7) is 27.2. The second kappa shape index (κ2) is 21.0. The lowest BCUT2D eigenvalue weighted by molar-refractivity contribution is 0.483. The molecule has 6 nitrogen and oxygen atoms in total. The maximum Gasteiger partial charge on any atom is 0.256 e. The average Bonchev–Trinajstić information content (AvgIpc) is 0.697. The number of rotatable bonds is 8. The zero-order chi connectivity index (χ0) is 62.2. The Bertz CT molecular complexity index is 4620. The maximum atomic E-state index is 7.81. The third kappa shape index (κ3) is 9.65. The van der Waals surface area contributed by atoms with Crippen LogP contribution < -0.4 is 61.9 Å². The van der Waals surface area contributed by atoms with Gasteiger partial charge in [0.05, 0.1) is 11.4 Å². The van der Waals surface area contributed by atoms with Crippen LogP contribution in [0.4, 0.5) is 68.2 Å². The van der Waals surface area contributed by atoms with Gasteiger partial charge in [-0.2, -0.15) is 0 Å². The van der Waals surface area contributed by atoms with Gasteiger partial charge < -0.3 is 29.1 Å². The molecule has 0 saturated heterocycles. The van der Waals surface area contributed by atoms with E-state index < -0.39 is 0 Å². The Kier molecular flexibility index (Phi) is 13.3. The second-order valence-electron chi connectivity index (χ2n) is 29.1. The number of hydrogen-bond donors (Lipinski definition) is 0. The lowest BCUT2D eigenvalue weighted by Gasteiger charge is -2.44. The molecule has 0 radical (unpaired) electrons. The topological polar surface area (TPSA) is 31.4 Å². The minimum absolute atomic E-state index is 0.0701. The third-order valence-electron chi connectivity index (χ3n) is 18.9. The highest BCUT2D eigenvalue weighted by atomic mass is 16.5. The molecule has 442 valence electrons. The summed E-state index contributed by atoms with van der Waals surface area (Å²) in [5, 5.41) is 0. The van der Waals surface area contributed by atoms with Gasteiger partial charge in [0.2, 0.25) is 0 Å². The van der Waals surface area contributed by atoms with Crippen LogP contribution in [0.2, 0.25) is 0 Å². The van der Waals surface area contributed by atoms with Crippen LogP contribution in [0.3, 0.4) is 0 Å². The quantitative estimate of drug-likeness (QED) is 0.141. The van der Waals surface area contributed by atoms with E-state index in [0.717, 1.165) is 113 Å². The Morgan fingerprint density at radius 1 is 0.267 bits per heavy atom. The molecule has 90 heavy (non-hydrogen) atoms. The molecular formula is C82H76B2N4O2. The van der Waals surface area contributed by atoms with E-state index in [0.29, 0.717) is 0 Å². The van der Waals surface area contributed by atoms with Crippen molar-refractivity contribution in [3.8, 4) is 23.0 Å². The van der Waals surface area contributed by atoms with E-state index in [4.69, 9.17) is 9.47 Å². The summed E-state index contributed by atoms with van der Waals surface area (Å²) >= 11 is 0. The van der Waals surface area contributed by atoms with Crippen LogP contribution in [0, 0.1) is 0 Å². The number of anilines is 12. The van der Waals surface area contributed by atoms with Crippen LogP contribution in [0.25, 0.3) is 0 Å². The molecule has 11 aromatic rings. The van der Waals surface area contributed by atoms with Gasteiger partial charge in [0, 0.05) is 75.1 Å². The van der Waals surface area contributed by atoms with E-state index in [1.54, 1.807) is 0 Å². The van der Waals surface area contributed by atoms with Crippen LogP contribution in [-0.2, 0) is 21.7 Å². The predicted octanol–water partition coefficient (Wildman–Crippen LogP) is 18.6. The van der Waals surface area contributed by atoms with Crippen molar-refractivity contribution in [2.75, 3.05) is 19.6 Å². The van der Waals surface area contributed by atoms with Gasteiger partial charge in [0.1, 0.15) is 23.0 Å². The van der Waals surface area contributed by atoms with E-state index in [1.807, 2.05) is 0 Å². The average molecular weight is 1170 g/mol. The van der Waals surface area contributed by atoms with Gasteiger partial charge >= 0.3 is 0 Å². The van der Waals surface area contributed by atoms with E-state index in [9.17, 15) is 0 Å². The van der Waals surface area contributed by atoms with Gasteiger partial charge in [-0.15, -0.1) is 0 Å². The van der Waals surface area contributed by atoms with Crippen LogP contribution in [0.15, 0.2) is 243 Å². The zero-order valence-corrected chi connectivity index (χ0v) is 53.9. The van der Waals surface area contributed by atoms with Crippen molar-refractivity contribution in [2.45, 2.75) is 105 Å². The highest BCUT2D eigenvalue weighted by molar-refractivity contribution is 7.02. The molecule has 8 heteroatoms. The molecule has 15 rings (SSSR count). The Labute approximate surface area is 533 Å². The lowest BCUT2D eigenvalue weighted by atomic mass is 9.31. The number of benzene rings is 11. The standard InChI is InChI=1S/C82H76B2N4O2/c1-79(2,3)53-27-25-37-61(43-53)85(57-29-17-13-18-30-57)63-47-71-77-75(49-63)90-74-52-70-67(51-68(74)83(77)65-41-39-55(81(7,8)9)45-69(65)87(71)59-33-21-15-22-34-59)84-66-42-40-56(82(10,11)12)46-73(66)89-76-50-64(48-72(78(76)84)88(70)60-35-23-16-24-36-60)86(58-31-19-14-20-32-58)62-38-26-28-54(44-62)80(4,5)6/h13-52H,1-12H3. The minimum atomic E-state index is -0.199. The molecule has 4 aliphatic rings. The fourth-order valence-electron chi connectivity index (χ4n) is 14.1. The fraction of sp³-hybridized carbons (Fsp3) is 0.195. The van der Waals surface area contributed by atoms with Crippen molar-refractivity contribution >= 4 is 114 Å². The van der Waals surface area contributed by atoms with E-state index in [-0.39, 0.29) is 35.1 Å². The van der Waals surface area contributed by atoms with Crippen LogP contribution >= 0.6 is 0 Å². The molecular weight excluding hydrogens is 1090 g/mol. The molecule has 0 aromatic heterocycles. The van der Waals surface area contributed by atoms with Crippen LogP contribution in [0.1, 0.15) is 105 Å². The van der Waals surface area contributed by atoms with Crippen LogP contribution in [-0.4, -0.2) is 13.4 Å². The Morgan fingerprint density at radius 3 is 1.10 bits per heavy atom. The third-order valence-corrected chi connectivity index (χ3v) is 18.9. The predicted molar refractivity (Wildman–Crippen MR) is 382 cm³/mol. The van der Waals surface area contributed by atoms with Gasteiger partial charge in [-0.3, -0.25) is 0 Å². The van der Waals surface area contributed by atoms with Crippen LogP contribution in [0.5, 0.6) is 23.0 Å². The smallest absolute Gasteiger partial charge is 0.256 e. The van der Waals surface area contributed by atoms with Crippen molar-refractivity contribution in [3.05, 3.63) is 265 Å². The molecule has 0 bridgehead atoms. The SMILES string of the molecule is CC(C)(C)c1cccc(N(c2ccccc2)c2cc3c4c(c2)N(c2ccccc2)c2cc(C(C)(C)C)ccc2B4c2cc4c(cc2O3)N(c2ccccc2)c2cc(N(c3ccccc3)c3cccc(C(C)(C)C)c3)cc3c2B4c2ccc(C(C)(C)C)cc2O3)c1. The molecule has 4 aliphatic heterocycles. The Hall–Kier alpha value is -9.65. The van der Waals surface area contributed by atoms with Crippen molar-refractivity contribution in [2.24, 2.45) is 0 Å². The highest BCUT2D eigenvalue weighted by Crippen LogP contribution is 2.51. The van der Waals surface area contributed by atoms with Gasteiger partial charge in [0.15, 0.2) is 0 Å². The normalized spacial score (nSPS) is 13.6. The molecule has 0 unspecified atom stereocenters. The molecule has 11 aromatic carbocycles. The molecule has 0 amide bonds. The number of para-hydroxylation sites is 4. The summed E-state index contributed by atoms with van der Waals surface area (Å²) in [5.41, 5.74) is 24.4. The van der Waals surface area contributed by atoms with Gasteiger partial charge in [-0.1, -0.05) is 210 Å². The summed E-state index contributed by atoms with van der Waals surface area (Å²) < 4.78 is 15.3. The molecule has 0 aliphatic carbocycles. The monoisotopic (exact) mass is 1170 g/mol. The summed E-state index contributed by atoms with van der Waals surface area (Å²) in [7, 11) is 0. The molecule has 0 spiro atoms. The zero-order valence-electron chi connectivity index (χ0n) is 53.9. The minimum Gasteiger partial charge on any atom is -0.458 e. The second-order valence-corrected chi connectivity index (χ2v) is 29.1.